The monoisotopic (exact) mass is 336 g/mol. The summed E-state index contributed by atoms with van der Waals surface area (Å²) in [6.07, 6.45) is 3.44. The van der Waals surface area contributed by atoms with Crippen molar-refractivity contribution in [3.05, 3.63) is 58.5 Å². The molecule has 0 spiro atoms. The third kappa shape index (κ3) is 2.31. The van der Waals surface area contributed by atoms with Crippen LogP contribution in [0, 0.1) is 0 Å². The molecule has 1 aromatic heterocycles. The molecule has 2 aromatic rings. The van der Waals surface area contributed by atoms with Crippen molar-refractivity contribution in [1.29, 1.82) is 0 Å². The minimum Gasteiger partial charge on any atom is -0.137 e. The highest BCUT2D eigenvalue weighted by molar-refractivity contribution is 9.09. The van der Waals surface area contributed by atoms with Crippen LogP contribution in [0.5, 0.6) is 0 Å². The maximum absolute atomic E-state index is 3.52. The molecule has 18 heavy (non-hydrogen) atoms. The summed E-state index contributed by atoms with van der Waals surface area (Å²) in [6.45, 7) is 0. The van der Waals surface area contributed by atoms with Crippen LogP contribution < -0.4 is 0 Å². The number of hydrogen-bond donors (Lipinski definition) is 0. The molecule has 0 bridgehead atoms. The number of rotatable bonds is 2. The third-order valence-electron chi connectivity index (χ3n) is 3.04. The van der Waals surface area contributed by atoms with Gasteiger partial charge in [0, 0.05) is 16.6 Å². The Labute approximate surface area is 124 Å². The van der Waals surface area contributed by atoms with Crippen LogP contribution in [-0.4, -0.2) is 5.33 Å². The molecule has 0 atom stereocenters. The second kappa shape index (κ2) is 5.64. The zero-order chi connectivity index (χ0) is 12.4. The van der Waals surface area contributed by atoms with Crippen molar-refractivity contribution in [2.75, 3.05) is 5.33 Å². The van der Waals surface area contributed by atoms with Crippen LogP contribution in [0.1, 0.15) is 23.1 Å². The molecule has 0 saturated carbocycles. The molecule has 0 nitrogen and oxygen atoms in total. The number of hydrogen-bond acceptors (Lipinski definition) is 2. The summed E-state index contributed by atoms with van der Waals surface area (Å²) in [6, 6.07) is 11.0. The second-order valence-electron chi connectivity index (χ2n) is 4.16. The zero-order valence-electron chi connectivity index (χ0n) is 9.86. The van der Waals surface area contributed by atoms with Crippen LogP contribution >= 0.6 is 39.0 Å². The summed E-state index contributed by atoms with van der Waals surface area (Å²) in [5, 5.41) is 3.22. The summed E-state index contributed by atoms with van der Waals surface area (Å²) in [4.78, 5) is 0. The predicted octanol–water partition coefficient (Wildman–Crippen LogP) is 5.57. The molecule has 92 valence electrons. The van der Waals surface area contributed by atoms with Gasteiger partial charge in [-0.05, 0) is 34.6 Å². The normalized spacial score (nSPS) is 16.2. The number of thiophene rings is 1. The Morgan fingerprint density at radius 3 is 2.94 bits per heavy atom. The van der Waals surface area contributed by atoms with Gasteiger partial charge in [0.25, 0.3) is 0 Å². The Kier molecular flexibility index (Phi) is 3.92. The van der Waals surface area contributed by atoms with E-state index in [1.165, 1.54) is 26.5 Å². The van der Waals surface area contributed by atoms with Crippen molar-refractivity contribution in [2.24, 2.45) is 0 Å². The quantitative estimate of drug-likeness (QED) is 0.646. The number of allylic oxidation sites excluding steroid dienone is 1. The molecule has 0 N–H and O–H groups in total. The van der Waals surface area contributed by atoms with Gasteiger partial charge in [-0.3, -0.25) is 0 Å². The number of alkyl halides is 1. The molecule has 3 rings (SSSR count). The largest absolute Gasteiger partial charge is 0.137 e. The standard InChI is InChI=1S/C15H13BrS2/c16-8-3-6-13-12-5-2-1-4-11(12)10-18-15-14(13)7-9-17-15/h1-2,4-7,9H,3,8,10H2/b13-6+. The fourth-order valence-corrected chi connectivity index (χ4v) is 4.57. The second-order valence-corrected chi connectivity index (χ2v) is 7.12. The van der Waals surface area contributed by atoms with Crippen molar-refractivity contribution in [3.8, 4) is 0 Å². The van der Waals surface area contributed by atoms with Crippen LogP contribution in [0.2, 0.25) is 0 Å². The van der Waals surface area contributed by atoms with Gasteiger partial charge in [-0.2, -0.15) is 0 Å². The molecule has 0 unspecified atom stereocenters. The first-order chi connectivity index (χ1) is 8.90. The highest BCUT2D eigenvalue weighted by atomic mass is 79.9. The molecule has 0 aliphatic carbocycles. The molecule has 0 amide bonds. The lowest BCUT2D eigenvalue weighted by molar-refractivity contribution is 1.25. The third-order valence-corrected chi connectivity index (χ3v) is 5.79. The van der Waals surface area contributed by atoms with E-state index < -0.39 is 0 Å². The van der Waals surface area contributed by atoms with Crippen molar-refractivity contribution in [1.82, 2.24) is 0 Å². The zero-order valence-corrected chi connectivity index (χ0v) is 13.1. The first-order valence-corrected chi connectivity index (χ1v) is 8.94. The van der Waals surface area contributed by atoms with E-state index >= 15 is 0 Å². The minimum atomic E-state index is 1.02. The van der Waals surface area contributed by atoms with Gasteiger partial charge in [0.15, 0.2) is 0 Å². The summed E-state index contributed by atoms with van der Waals surface area (Å²) in [5.41, 5.74) is 5.68. The van der Waals surface area contributed by atoms with Gasteiger partial charge in [-0.15, -0.1) is 23.1 Å². The molecule has 1 aliphatic heterocycles. The van der Waals surface area contributed by atoms with Crippen molar-refractivity contribution < 1.29 is 0 Å². The molecule has 1 aromatic carbocycles. The van der Waals surface area contributed by atoms with E-state index in [9.17, 15) is 0 Å². The number of benzene rings is 1. The fourth-order valence-electron chi connectivity index (χ4n) is 2.22. The summed E-state index contributed by atoms with van der Waals surface area (Å²) in [7, 11) is 0. The van der Waals surface area contributed by atoms with E-state index in [1.54, 1.807) is 0 Å². The Hall–Kier alpha value is -0.510. The number of fused-ring (bicyclic) bond motifs is 2. The smallest absolute Gasteiger partial charge is 0.0680 e. The van der Waals surface area contributed by atoms with E-state index in [2.05, 4.69) is 57.7 Å². The number of halogens is 1. The molecule has 0 radical (unpaired) electrons. The molecule has 0 fully saturated rings. The molecular formula is C15H13BrS2. The van der Waals surface area contributed by atoms with Gasteiger partial charge in [0.05, 0.1) is 4.21 Å². The van der Waals surface area contributed by atoms with Gasteiger partial charge in [-0.25, -0.2) is 0 Å². The summed E-state index contributed by atoms with van der Waals surface area (Å²) >= 11 is 7.34. The van der Waals surface area contributed by atoms with E-state index in [0.29, 0.717) is 0 Å². The van der Waals surface area contributed by atoms with Crippen LogP contribution in [0.3, 0.4) is 0 Å². The van der Waals surface area contributed by atoms with E-state index in [0.717, 1.165) is 17.5 Å². The topological polar surface area (TPSA) is 0 Å². The average molecular weight is 337 g/mol. The summed E-state index contributed by atoms with van der Waals surface area (Å²) < 4.78 is 1.45. The molecule has 1 aliphatic rings. The molecule has 2 heterocycles. The lowest BCUT2D eigenvalue weighted by Crippen LogP contribution is -1.90. The Bertz CT molecular complexity index is 584. The average Bonchev–Trinajstić information content (AvgIpc) is 2.81. The maximum atomic E-state index is 3.52. The Morgan fingerprint density at radius 1 is 1.17 bits per heavy atom. The van der Waals surface area contributed by atoms with Crippen LogP contribution in [0.25, 0.3) is 5.57 Å². The van der Waals surface area contributed by atoms with E-state index in [4.69, 9.17) is 0 Å². The lowest BCUT2D eigenvalue weighted by atomic mass is 9.95. The van der Waals surface area contributed by atoms with Gasteiger partial charge in [0.1, 0.15) is 0 Å². The highest BCUT2D eigenvalue weighted by Crippen LogP contribution is 2.42. The van der Waals surface area contributed by atoms with E-state index in [1.807, 2.05) is 23.1 Å². The van der Waals surface area contributed by atoms with Gasteiger partial charge in [-0.1, -0.05) is 46.3 Å². The van der Waals surface area contributed by atoms with E-state index in [-0.39, 0.29) is 0 Å². The molecule has 0 saturated heterocycles. The SMILES string of the molecule is BrCC/C=C1\c2ccccc2CSc2sccc21. The van der Waals surface area contributed by atoms with Gasteiger partial charge < -0.3 is 0 Å². The highest BCUT2D eigenvalue weighted by Gasteiger charge is 2.18. The predicted molar refractivity (Wildman–Crippen MR) is 85.8 cm³/mol. The lowest BCUT2D eigenvalue weighted by Gasteiger charge is -2.09. The van der Waals surface area contributed by atoms with Crippen LogP contribution in [0.15, 0.2) is 46.0 Å². The maximum Gasteiger partial charge on any atom is 0.0680 e. The van der Waals surface area contributed by atoms with Crippen molar-refractivity contribution >= 4 is 44.6 Å². The fraction of sp³-hybridized carbons (Fsp3) is 0.200. The first kappa shape index (κ1) is 12.5. The molecule has 3 heteroatoms. The van der Waals surface area contributed by atoms with Crippen molar-refractivity contribution in [2.45, 2.75) is 16.4 Å². The molecular weight excluding hydrogens is 324 g/mol. The van der Waals surface area contributed by atoms with Crippen LogP contribution in [0.4, 0.5) is 0 Å². The van der Waals surface area contributed by atoms with Crippen LogP contribution in [-0.2, 0) is 5.75 Å². The minimum absolute atomic E-state index is 1.02. The Balaban J connectivity index is 2.17. The van der Waals surface area contributed by atoms with Gasteiger partial charge >= 0.3 is 0 Å². The number of thioether (sulfide) groups is 1. The Morgan fingerprint density at radius 2 is 2.06 bits per heavy atom. The van der Waals surface area contributed by atoms with Gasteiger partial charge in [0.2, 0.25) is 0 Å². The van der Waals surface area contributed by atoms with Crippen molar-refractivity contribution in [3.63, 3.8) is 0 Å². The summed E-state index contributed by atoms with van der Waals surface area (Å²) in [5.74, 6) is 1.08. The first-order valence-electron chi connectivity index (χ1n) is 5.95.